The van der Waals surface area contributed by atoms with Gasteiger partial charge in [0.2, 0.25) is 0 Å². The van der Waals surface area contributed by atoms with Crippen LogP contribution in [-0.4, -0.2) is 26.3 Å². The van der Waals surface area contributed by atoms with E-state index in [2.05, 4.69) is 52.4 Å². The Balaban J connectivity index is 2.21. The van der Waals surface area contributed by atoms with Crippen LogP contribution in [0.5, 0.6) is 0 Å². The zero-order chi connectivity index (χ0) is 12.3. The maximum absolute atomic E-state index is 5.78. The van der Waals surface area contributed by atoms with E-state index in [0.29, 0.717) is 6.10 Å². The standard InChI is InChI=1S/C14H20BrNO/c1-11-14(10-16-2,7-8-17-11)9-12-5-3-4-6-13(12)15/h3-6,11,16H,7-10H2,1-2H3. The minimum atomic E-state index is 0.235. The minimum Gasteiger partial charge on any atom is -0.378 e. The summed E-state index contributed by atoms with van der Waals surface area (Å²) in [6.07, 6.45) is 2.52. The molecule has 0 aliphatic carbocycles. The molecule has 1 aromatic carbocycles. The lowest BCUT2D eigenvalue weighted by atomic mass is 9.76. The van der Waals surface area contributed by atoms with Gasteiger partial charge >= 0.3 is 0 Å². The Morgan fingerprint density at radius 3 is 2.82 bits per heavy atom. The molecular formula is C14H20BrNO. The van der Waals surface area contributed by atoms with E-state index in [1.807, 2.05) is 7.05 Å². The van der Waals surface area contributed by atoms with Crippen molar-refractivity contribution in [3.63, 3.8) is 0 Å². The Kier molecular flexibility index (Phi) is 4.23. The van der Waals surface area contributed by atoms with Crippen LogP contribution in [0, 0.1) is 5.41 Å². The van der Waals surface area contributed by atoms with Crippen molar-refractivity contribution in [3.8, 4) is 0 Å². The Hall–Kier alpha value is -0.380. The van der Waals surface area contributed by atoms with Crippen molar-refractivity contribution < 1.29 is 4.74 Å². The second-order valence-corrected chi connectivity index (χ2v) is 5.78. The van der Waals surface area contributed by atoms with E-state index < -0.39 is 0 Å². The predicted octanol–water partition coefficient (Wildman–Crippen LogP) is 3.01. The van der Waals surface area contributed by atoms with Gasteiger partial charge in [-0.2, -0.15) is 0 Å². The van der Waals surface area contributed by atoms with Crippen LogP contribution in [0.4, 0.5) is 0 Å². The van der Waals surface area contributed by atoms with E-state index in [9.17, 15) is 0 Å². The van der Waals surface area contributed by atoms with Gasteiger partial charge in [0.25, 0.3) is 0 Å². The van der Waals surface area contributed by atoms with Crippen LogP contribution in [-0.2, 0) is 11.2 Å². The molecule has 0 amide bonds. The van der Waals surface area contributed by atoms with Gasteiger partial charge in [0, 0.05) is 23.0 Å². The van der Waals surface area contributed by atoms with Crippen molar-refractivity contribution in [3.05, 3.63) is 34.3 Å². The third-order valence-corrected chi connectivity index (χ3v) is 4.63. The number of rotatable bonds is 4. The molecule has 1 heterocycles. The van der Waals surface area contributed by atoms with E-state index >= 15 is 0 Å². The van der Waals surface area contributed by atoms with Crippen molar-refractivity contribution in [1.82, 2.24) is 5.32 Å². The zero-order valence-electron chi connectivity index (χ0n) is 10.5. The second kappa shape index (κ2) is 5.51. The number of benzene rings is 1. The van der Waals surface area contributed by atoms with Crippen LogP contribution in [0.15, 0.2) is 28.7 Å². The van der Waals surface area contributed by atoms with Crippen LogP contribution in [0.3, 0.4) is 0 Å². The fraction of sp³-hybridized carbons (Fsp3) is 0.571. The number of ether oxygens (including phenoxy) is 1. The first-order chi connectivity index (χ1) is 8.18. The molecule has 1 aliphatic rings. The summed E-state index contributed by atoms with van der Waals surface area (Å²) in [5.74, 6) is 0. The summed E-state index contributed by atoms with van der Waals surface area (Å²) in [6.45, 7) is 4.09. The summed E-state index contributed by atoms with van der Waals surface area (Å²) in [5, 5.41) is 3.33. The molecule has 2 nitrogen and oxygen atoms in total. The van der Waals surface area contributed by atoms with E-state index in [1.165, 1.54) is 10.0 Å². The Morgan fingerprint density at radius 1 is 1.47 bits per heavy atom. The van der Waals surface area contributed by atoms with E-state index in [1.54, 1.807) is 0 Å². The summed E-state index contributed by atoms with van der Waals surface area (Å²) in [4.78, 5) is 0. The van der Waals surface area contributed by atoms with Crippen molar-refractivity contribution in [2.24, 2.45) is 5.41 Å². The highest BCUT2D eigenvalue weighted by Crippen LogP contribution is 2.39. The van der Waals surface area contributed by atoms with Gasteiger partial charge in [-0.05, 0) is 38.4 Å². The quantitative estimate of drug-likeness (QED) is 0.922. The van der Waals surface area contributed by atoms with E-state index in [0.717, 1.165) is 26.0 Å². The maximum Gasteiger partial charge on any atom is 0.0619 e. The fourth-order valence-electron chi connectivity index (χ4n) is 2.72. The van der Waals surface area contributed by atoms with Gasteiger partial charge in [0.05, 0.1) is 6.10 Å². The third-order valence-electron chi connectivity index (χ3n) is 3.86. The molecule has 0 bridgehead atoms. The predicted molar refractivity (Wildman–Crippen MR) is 74.2 cm³/mol. The van der Waals surface area contributed by atoms with Gasteiger partial charge < -0.3 is 10.1 Å². The lowest BCUT2D eigenvalue weighted by molar-refractivity contribution is 0.0639. The molecule has 2 rings (SSSR count). The number of hydrogen-bond acceptors (Lipinski definition) is 2. The van der Waals surface area contributed by atoms with Crippen LogP contribution in [0.1, 0.15) is 18.9 Å². The van der Waals surface area contributed by atoms with E-state index in [4.69, 9.17) is 4.74 Å². The first kappa shape index (κ1) is 13.1. The molecule has 0 saturated carbocycles. The van der Waals surface area contributed by atoms with Crippen molar-refractivity contribution in [1.29, 1.82) is 0 Å². The summed E-state index contributed by atoms with van der Waals surface area (Å²) >= 11 is 3.64. The van der Waals surface area contributed by atoms with Crippen molar-refractivity contribution in [2.45, 2.75) is 25.9 Å². The highest BCUT2D eigenvalue weighted by atomic mass is 79.9. The van der Waals surface area contributed by atoms with Gasteiger partial charge in [-0.3, -0.25) is 0 Å². The number of hydrogen-bond donors (Lipinski definition) is 1. The van der Waals surface area contributed by atoms with Crippen molar-refractivity contribution in [2.75, 3.05) is 20.2 Å². The monoisotopic (exact) mass is 297 g/mol. The molecule has 1 N–H and O–H groups in total. The molecule has 1 aromatic rings. The molecule has 17 heavy (non-hydrogen) atoms. The Bertz CT molecular complexity index is 382. The average Bonchev–Trinajstić information content (AvgIpc) is 2.65. The van der Waals surface area contributed by atoms with Gasteiger partial charge in [-0.1, -0.05) is 34.1 Å². The van der Waals surface area contributed by atoms with Gasteiger partial charge in [0.1, 0.15) is 0 Å². The van der Waals surface area contributed by atoms with Gasteiger partial charge in [0.15, 0.2) is 0 Å². The molecule has 1 aliphatic heterocycles. The first-order valence-electron chi connectivity index (χ1n) is 6.17. The zero-order valence-corrected chi connectivity index (χ0v) is 12.1. The van der Waals surface area contributed by atoms with Crippen LogP contribution >= 0.6 is 15.9 Å². The largest absolute Gasteiger partial charge is 0.378 e. The lowest BCUT2D eigenvalue weighted by Gasteiger charge is -2.32. The van der Waals surface area contributed by atoms with Gasteiger partial charge in [-0.25, -0.2) is 0 Å². The summed E-state index contributed by atoms with van der Waals surface area (Å²) in [7, 11) is 2.02. The molecule has 94 valence electrons. The Morgan fingerprint density at radius 2 is 2.24 bits per heavy atom. The van der Waals surface area contributed by atoms with Crippen LogP contribution < -0.4 is 5.32 Å². The molecule has 1 fully saturated rings. The average molecular weight is 298 g/mol. The fourth-order valence-corrected chi connectivity index (χ4v) is 3.14. The molecule has 2 unspecified atom stereocenters. The van der Waals surface area contributed by atoms with E-state index in [-0.39, 0.29) is 5.41 Å². The normalized spacial score (nSPS) is 28.5. The minimum absolute atomic E-state index is 0.235. The molecule has 2 atom stereocenters. The molecule has 1 saturated heterocycles. The number of halogens is 1. The third kappa shape index (κ3) is 2.72. The van der Waals surface area contributed by atoms with Crippen LogP contribution in [0.2, 0.25) is 0 Å². The first-order valence-corrected chi connectivity index (χ1v) is 6.97. The highest BCUT2D eigenvalue weighted by molar-refractivity contribution is 9.10. The van der Waals surface area contributed by atoms with Crippen molar-refractivity contribution >= 4 is 15.9 Å². The summed E-state index contributed by atoms with van der Waals surface area (Å²) in [5.41, 5.74) is 1.61. The molecule has 0 radical (unpaired) electrons. The SMILES string of the molecule is CNCC1(Cc2ccccc2Br)CCOC1C. The van der Waals surface area contributed by atoms with Gasteiger partial charge in [-0.15, -0.1) is 0 Å². The second-order valence-electron chi connectivity index (χ2n) is 4.92. The molecule has 3 heteroatoms. The van der Waals surface area contributed by atoms with Crippen LogP contribution in [0.25, 0.3) is 0 Å². The molecular weight excluding hydrogens is 278 g/mol. The lowest BCUT2D eigenvalue weighted by Crippen LogP contribution is -2.40. The smallest absolute Gasteiger partial charge is 0.0619 e. The summed E-state index contributed by atoms with van der Waals surface area (Å²) < 4.78 is 6.98. The summed E-state index contributed by atoms with van der Waals surface area (Å²) in [6, 6.07) is 8.48. The Labute approximate surface area is 112 Å². The molecule has 0 aromatic heterocycles. The molecule has 0 spiro atoms. The number of nitrogens with one attached hydrogen (secondary N) is 1. The highest BCUT2D eigenvalue weighted by Gasteiger charge is 2.41. The maximum atomic E-state index is 5.78. The topological polar surface area (TPSA) is 21.3 Å².